The van der Waals surface area contributed by atoms with E-state index >= 15 is 0 Å². The topological polar surface area (TPSA) is 66.2 Å². The normalized spacial score (nSPS) is 18.0. The number of ketones is 1. The smallest absolute Gasteiger partial charge is 0.232 e. The second-order valence-electron chi connectivity index (χ2n) is 8.82. The molecule has 0 spiro atoms. The molecule has 6 heteroatoms. The van der Waals surface area contributed by atoms with Crippen molar-refractivity contribution in [3.63, 3.8) is 0 Å². The molecule has 2 aliphatic heterocycles. The molecule has 0 unspecified atom stereocenters. The van der Waals surface area contributed by atoms with Crippen LogP contribution in [0, 0.1) is 13.8 Å². The Hall–Kier alpha value is -3.35. The van der Waals surface area contributed by atoms with E-state index in [2.05, 4.69) is 34.1 Å². The maximum atomic E-state index is 13.1. The van der Waals surface area contributed by atoms with Gasteiger partial charge < -0.3 is 14.3 Å². The number of ether oxygens (including phenoxy) is 1. The molecule has 1 saturated heterocycles. The van der Waals surface area contributed by atoms with Gasteiger partial charge in [0.15, 0.2) is 5.76 Å². The molecule has 0 bridgehead atoms. The van der Waals surface area contributed by atoms with E-state index < -0.39 is 0 Å². The Morgan fingerprint density at radius 2 is 1.67 bits per heavy atom. The highest BCUT2D eigenvalue weighted by molar-refractivity contribution is 6.15. The summed E-state index contributed by atoms with van der Waals surface area (Å²) >= 11 is 0. The van der Waals surface area contributed by atoms with Gasteiger partial charge in [-0.15, -0.1) is 0 Å². The number of Topliss-reactive ketones (excluding diaryl/α,β-unsaturated/α-hetero) is 1. The maximum absolute atomic E-state index is 13.1. The third kappa shape index (κ3) is 4.45. The van der Waals surface area contributed by atoms with Gasteiger partial charge in [0.2, 0.25) is 5.78 Å². The molecule has 3 aromatic rings. The van der Waals surface area contributed by atoms with E-state index in [0.717, 1.165) is 38.5 Å². The summed E-state index contributed by atoms with van der Waals surface area (Å²) in [6.45, 7) is 8.83. The Labute approximate surface area is 193 Å². The van der Waals surface area contributed by atoms with Crippen LogP contribution in [0.1, 0.15) is 38.6 Å². The molecule has 0 radical (unpaired) electrons. The van der Waals surface area contributed by atoms with Crippen LogP contribution >= 0.6 is 0 Å². The van der Waals surface area contributed by atoms with Gasteiger partial charge in [-0.25, -0.2) is 0 Å². The summed E-state index contributed by atoms with van der Waals surface area (Å²) in [6, 6.07) is 15.8. The Morgan fingerprint density at radius 1 is 0.970 bits per heavy atom. The van der Waals surface area contributed by atoms with Crippen molar-refractivity contribution in [3.8, 4) is 11.5 Å². The van der Waals surface area contributed by atoms with Crippen LogP contribution in [-0.4, -0.2) is 46.9 Å². The van der Waals surface area contributed by atoms with Gasteiger partial charge in [0.05, 0.1) is 11.1 Å². The molecule has 0 saturated carbocycles. The third-order valence-corrected chi connectivity index (χ3v) is 6.35. The zero-order chi connectivity index (χ0) is 22.9. The van der Waals surface area contributed by atoms with Crippen molar-refractivity contribution in [2.24, 2.45) is 0 Å². The minimum Gasteiger partial charge on any atom is -0.507 e. The molecule has 5 rings (SSSR count). The molecule has 0 atom stereocenters. The number of phenolic OH excluding ortho intramolecular Hbond substituents is 1. The minimum absolute atomic E-state index is 0.167. The molecule has 33 heavy (non-hydrogen) atoms. The quantitative estimate of drug-likeness (QED) is 0.583. The van der Waals surface area contributed by atoms with Gasteiger partial charge in [-0.2, -0.15) is 0 Å². The molecule has 170 valence electrons. The van der Waals surface area contributed by atoms with Gasteiger partial charge in [-0.3, -0.25) is 14.6 Å². The lowest BCUT2D eigenvalue weighted by molar-refractivity contribution is 0.101. The number of hydrogen-bond acceptors (Lipinski definition) is 6. The number of rotatable bonds is 5. The molecule has 0 amide bonds. The van der Waals surface area contributed by atoms with Crippen molar-refractivity contribution in [1.82, 2.24) is 9.80 Å². The van der Waals surface area contributed by atoms with Crippen LogP contribution in [0.3, 0.4) is 0 Å². The van der Waals surface area contributed by atoms with Crippen LogP contribution in [0.5, 0.6) is 11.5 Å². The number of carbonyl (C=O) groups is 1. The van der Waals surface area contributed by atoms with Crippen LogP contribution < -0.4 is 4.74 Å². The van der Waals surface area contributed by atoms with Gasteiger partial charge in [-0.05, 0) is 43.2 Å². The van der Waals surface area contributed by atoms with E-state index in [-0.39, 0.29) is 17.3 Å². The zero-order valence-electron chi connectivity index (χ0n) is 19.0. The number of aromatic hydroxyl groups is 1. The second kappa shape index (κ2) is 8.89. The first kappa shape index (κ1) is 21.5. The fourth-order valence-corrected chi connectivity index (χ4v) is 4.56. The van der Waals surface area contributed by atoms with Crippen molar-refractivity contribution in [3.05, 3.63) is 88.1 Å². The van der Waals surface area contributed by atoms with Crippen LogP contribution in [0.2, 0.25) is 0 Å². The number of benzene rings is 2. The van der Waals surface area contributed by atoms with E-state index in [1.165, 1.54) is 5.56 Å². The van der Waals surface area contributed by atoms with Crippen molar-refractivity contribution >= 4 is 11.9 Å². The number of carbonyl (C=O) groups excluding carboxylic acids is 1. The van der Waals surface area contributed by atoms with E-state index in [1.807, 2.05) is 32.0 Å². The van der Waals surface area contributed by atoms with Gasteiger partial charge in [-0.1, -0.05) is 30.3 Å². The van der Waals surface area contributed by atoms with E-state index in [4.69, 9.17) is 9.15 Å². The van der Waals surface area contributed by atoms with Gasteiger partial charge in [0.1, 0.15) is 23.0 Å². The highest BCUT2D eigenvalue weighted by Gasteiger charge is 2.34. The first-order chi connectivity index (χ1) is 16.0. The maximum Gasteiger partial charge on any atom is 0.232 e. The summed E-state index contributed by atoms with van der Waals surface area (Å²) in [7, 11) is 0. The lowest BCUT2D eigenvalue weighted by Crippen LogP contribution is -2.45. The van der Waals surface area contributed by atoms with Crippen LogP contribution in [-0.2, 0) is 13.1 Å². The number of hydrogen-bond donors (Lipinski definition) is 1. The van der Waals surface area contributed by atoms with Crippen molar-refractivity contribution in [2.75, 3.05) is 26.2 Å². The molecule has 1 fully saturated rings. The van der Waals surface area contributed by atoms with Crippen LogP contribution in [0.15, 0.2) is 58.7 Å². The number of furan rings is 1. The SMILES string of the molecule is Cc1ccc(/C=C2\Oc3c(CN4CCN(Cc5ccccc5)CC4)c(O)cc(C)c3C2=O)o1. The fourth-order valence-electron chi connectivity index (χ4n) is 4.56. The molecular formula is C27H28N2O4. The first-order valence-corrected chi connectivity index (χ1v) is 11.3. The molecule has 0 aliphatic carbocycles. The van der Waals surface area contributed by atoms with Crippen LogP contribution in [0.25, 0.3) is 6.08 Å². The molecule has 1 N–H and O–H groups in total. The van der Waals surface area contributed by atoms with Gasteiger partial charge in [0, 0.05) is 45.3 Å². The van der Waals surface area contributed by atoms with Gasteiger partial charge >= 0.3 is 0 Å². The molecule has 1 aromatic heterocycles. The molecule has 3 heterocycles. The molecule has 6 nitrogen and oxygen atoms in total. The van der Waals surface area contributed by atoms with E-state index in [1.54, 1.807) is 12.1 Å². The molecular weight excluding hydrogens is 416 g/mol. The summed E-state index contributed by atoms with van der Waals surface area (Å²) in [5.74, 6) is 2.03. The highest BCUT2D eigenvalue weighted by atomic mass is 16.5. The summed E-state index contributed by atoms with van der Waals surface area (Å²) < 4.78 is 11.6. The summed E-state index contributed by atoms with van der Waals surface area (Å²) in [5.41, 5.74) is 3.22. The van der Waals surface area contributed by atoms with Crippen LogP contribution in [0.4, 0.5) is 0 Å². The lowest BCUT2D eigenvalue weighted by Gasteiger charge is -2.35. The first-order valence-electron chi connectivity index (χ1n) is 11.3. The average molecular weight is 445 g/mol. The Kier molecular flexibility index (Phi) is 5.79. The summed E-state index contributed by atoms with van der Waals surface area (Å²) in [4.78, 5) is 17.8. The van der Waals surface area contributed by atoms with Crippen molar-refractivity contribution < 1.29 is 19.1 Å². The fraction of sp³-hybridized carbons (Fsp3) is 0.296. The number of phenols is 1. The third-order valence-electron chi connectivity index (χ3n) is 6.35. The van der Waals surface area contributed by atoms with E-state index in [9.17, 15) is 9.90 Å². The lowest BCUT2D eigenvalue weighted by atomic mass is 9.99. The predicted molar refractivity (Wildman–Crippen MR) is 126 cm³/mol. The number of nitrogens with zero attached hydrogens (tertiary/aromatic N) is 2. The van der Waals surface area contributed by atoms with Gasteiger partial charge in [0.25, 0.3) is 0 Å². The van der Waals surface area contributed by atoms with Crippen molar-refractivity contribution in [1.29, 1.82) is 0 Å². The highest BCUT2D eigenvalue weighted by Crippen LogP contribution is 2.42. The number of fused-ring (bicyclic) bond motifs is 1. The predicted octanol–water partition coefficient (Wildman–Crippen LogP) is 4.54. The second-order valence-corrected chi connectivity index (χ2v) is 8.82. The molecule has 2 aromatic carbocycles. The summed E-state index contributed by atoms with van der Waals surface area (Å²) in [5, 5.41) is 10.7. The Morgan fingerprint density at radius 3 is 2.33 bits per heavy atom. The minimum atomic E-state index is -0.175. The van der Waals surface area contributed by atoms with E-state index in [0.29, 0.717) is 34.7 Å². The number of aryl methyl sites for hydroxylation is 2. The Bertz CT molecular complexity index is 1200. The number of allylic oxidation sites excluding steroid dienone is 1. The number of piperazine rings is 1. The largest absolute Gasteiger partial charge is 0.507 e. The summed E-state index contributed by atoms with van der Waals surface area (Å²) in [6.07, 6.45) is 1.62. The molecule has 2 aliphatic rings. The average Bonchev–Trinajstić information content (AvgIpc) is 3.36. The standard InChI is InChI=1S/C27H28N2O4/c1-18-14-23(30)22(17-29-12-10-28(11-13-29)16-20-6-4-3-5-7-20)27-25(18)26(31)24(33-27)15-21-9-8-19(2)32-21/h3-9,14-15,30H,10-13,16-17H2,1-2H3/b24-15-. The zero-order valence-corrected chi connectivity index (χ0v) is 19.0. The monoisotopic (exact) mass is 444 g/mol. The Balaban J connectivity index is 1.32. The van der Waals surface area contributed by atoms with Crippen molar-refractivity contribution in [2.45, 2.75) is 26.9 Å².